The minimum absolute atomic E-state index is 0.403. The molecule has 7 heteroatoms. The molecule has 0 radical (unpaired) electrons. The maximum absolute atomic E-state index is 11.8. The van der Waals surface area contributed by atoms with Crippen LogP contribution in [0.4, 0.5) is 18.0 Å². The predicted octanol–water partition coefficient (Wildman–Crippen LogP) is 1.33. The number of hydrogen-bond acceptors (Lipinski definition) is 2. The van der Waals surface area contributed by atoms with Crippen LogP contribution in [0.2, 0.25) is 0 Å². The number of nitrogens with zero attached hydrogens (tertiary/aromatic N) is 1. The van der Waals surface area contributed by atoms with E-state index in [9.17, 15) is 18.0 Å². The number of hydrogen-bond donors (Lipinski definition) is 2. The van der Waals surface area contributed by atoms with Crippen molar-refractivity contribution in [1.29, 1.82) is 0 Å². The van der Waals surface area contributed by atoms with Gasteiger partial charge < -0.3 is 15.5 Å². The van der Waals surface area contributed by atoms with E-state index < -0.39 is 18.8 Å². The number of nitrogens with one attached hydrogen (secondary N) is 2. The van der Waals surface area contributed by atoms with Gasteiger partial charge in [0, 0.05) is 6.54 Å². The summed E-state index contributed by atoms with van der Waals surface area (Å²) in [5.74, 6) is 0. The summed E-state index contributed by atoms with van der Waals surface area (Å²) < 4.78 is 35.3. The van der Waals surface area contributed by atoms with Crippen LogP contribution in [-0.4, -0.2) is 49.8 Å². The highest BCUT2D eigenvalue weighted by Gasteiger charge is 2.27. The number of urea groups is 1. The molecule has 2 N–H and O–H groups in total. The maximum atomic E-state index is 11.8. The second-order valence-corrected chi connectivity index (χ2v) is 4.13. The van der Waals surface area contributed by atoms with Gasteiger partial charge in [-0.3, -0.25) is 0 Å². The summed E-state index contributed by atoms with van der Waals surface area (Å²) in [4.78, 5) is 13.2. The Labute approximate surface area is 98.5 Å². The number of amides is 2. The van der Waals surface area contributed by atoms with E-state index in [4.69, 9.17) is 0 Å². The van der Waals surface area contributed by atoms with Crippen molar-refractivity contribution >= 4 is 6.03 Å². The molecule has 1 aliphatic rings. The van der Waals surface area contributed by atoms with Gasteiger partial charge in [-0.15, -0.1) is 0 Å². The molecule has 4 nitrogen and oxygen atoms in total. The average molecular weight is 253 g/mol. The van der Waals surface area contributed by atoms with E-state index in [0.717, 1.165) is 26.1 Å². The van der Waals surface area contributed by atoms with Gasteiger partial charge in [-0.25, -0.2) is 4.79 Å². The molecule has 0 aromatic carbocycles. The van der Waals surface area contributed by atoms with Crippen molar-refractivity contribution in [2.45, 2.75) is 25.4 Å². The molecule has 1 saturated heterocycles. The first-order valence-corrected chi connectivity index (χ1v) is 5.78. The summed E-state index contributed by atoms with van der Waals surface area (Å²) in [6.45, 7) is 2.17. The van der Waals surface area contributed by atoms with Crippen LogP contribution in [0.15, 0.2) is 0 Å². The number of alkyl halides is 3. The minimum Gasteiger partial charge on any atom is -0.338 e. The summed E-state index contributed by atoms with van der Waals surface area (Å²) in [5, 5.41) is 4.16. The summed E-state index contributed by atoms with van der Waals surface area (Å²) in [7, 11) is 0. The highest BCUT2D eigenvalue weighted by atomic mass is 19.4. The van der Waals surface area contributed by atoms with E-state index in [1.807, 2.05) is 0 Å². The van der Waals surface area contributed by atoms with Gasteiger partial charge in [0.2, 0.25) is 0 Å². The standard InChI is InChI=1S/C10H18F3N3O/c11-10(12,13)8-15-9(17)14-4-3-7-16-5-1-2-6-16/h1-8H2,(H2,14,15,17). The monoisotopic (exact) mass is 253 g/mol. The Bertz CT molecular complexity index is 239. The lowest BCUT2D eigenvalue weighted by Crippen LogP contribution is -2.41. The first kappa shape index (κ1) is 14.1. The van der Waals surface area contributed by atoms with E-state index in [1.54, 1.807) is 5.32 Å². The SMILES string of the molecule is O=C(NCCCN1CCCC1)NCC(F)(F)F. The largest absolute Gasteiger partial charge is 0.405 e. The molecule has 0 spiro atoms. The van der Waals surface area contributed by atoms with Crippen LogP contribution in [0.25, 0.3) is 0 Å². The van der Waals surface area contributed by atoms with Crippen molar-refractivity contribution < 1.29 is 18.0 Å². The molecule has 0 saturated carbocycles. The molecule has 0 bridgehead atoms. The van der Waals surface area contributed by atoms with Gasteiger partial charge in [0.25, 0.3) is 0 Å². The molecule has 17 heavy (non-hydrogen) atoms. The first-order valence-electron chi connectivity index (χ1n) is 5.78. The van der Waals surface area contributed by atoms with Crippen molar-refractivity contribution in [2.75, 3.05) is 32.7 Å². The fraction of sp³-hybridized carbons (Fsp3) is 0.900. The average Bonchev–Trinajstić information content (AvgIpc) is 2.73. The maximum Gasteiger partial charge on any atom is 0.405 e. The zero-order valence-electron chi connectivity index (χ0n) is 9.65. The molecule has 2 amide bonds. The lowest BCUT2D eigenvalue weighted by atomic mass is 10.4. The Hall–Kier alpha value is -0.980. The van der Waals surface area contributed by atoms with Crippen molar-refractivity contribution in [3.8, 4) is 0 Å². The van der Waals surface area contributed by atoms with Crippen LogP contribution in [0.1, 0.15) is 19.3 Å². The van der Waals surface area contributed by atoms with Crippen LogP contribution < -0.4 is 10.6 Å². The molecular weight excluding hydrogens is 235 g/mol. The molecule has 100 valence electrons. The fourth-order valence-electron chi connectivity index (χ4n) is 1.75. The molecule has 0 aliphatic carbocycles. The zero-order chi connectivity index (χ0) is 12.7. The van der Waals surface area contributed by atoms with Crippen LogP contribution in [0, 0.1) is 0 Å². The van der Waals surface area contributed by atoms with Gasteiger partial charge >= 0.3 is 12.2 Å². The van der Waals surface area contributed by atoms with E-state index >= 15 is 0 Å². The van der Waals surface area contributed by atoms with E-state index in [1.165, 1.54) is 12.8 Å². The van der Waals surface area contributed by atoms with Gasteiger partial charge in [0.15, 0.2) is 0 Å². The van der Waals surface area contributed by atoms with Gasteiger partial charge in [-0.2, -0.15) is 13.2 Å². The Morgan fingerprint density at radius 3 is 2.41 bits per heavy atom. The molecule has 0 atom stereocenters. The second kappa shape index (κ2) is 6.68. The Balaban J connectivity index is 1.96. The Morgan fingerprint density at radius 2 is 1.82 bits per heavy atom. The summed E-state index contributed by atoms with van der Waals surface area (Å²) in [6, 6.07) is -0.760. The molecule has 1 fully saturated rings. The molecule has 1 heterocycles. The number of carbonyl (C=O) groups is 1. The molecule has 0 unspecified atom stereocenters. The van der Waals surface area contributed by atoms with Crippen LogP contribution >= 0.6 is 0 Å². The molecule has 0 aromatic rings. The van der Waals surface area contributed by atoms with Crippen molar-refractivity contribution in [3.63, 3.8) is 0 Å². The van der Waals surface area contributed by atoms with Crippen LogP contribution in [0.3, 0.4) is 0 Å². The lowest BCUT2D eigenvalue weighted by molar-refractivity contribution is -0.122. The number of rotatable bonds is 5. The van der Waals surface area contributed by atoms with E-state index in [0.29, 0.717) is 6.54 Å². The molecular formula is C10H18F3N3O. The van der Waals surface area contributed by atoms with Crippen LogP contribution in [-0.2, 0) is 0 Å². The van der Waals surface area contributed by atoms with Crippen LogP contribution in [0.5, 0.6) is 0 Å². The number of likely N-dealkylation sites (tertiary alicyclic amines) is 1. The number of halogens is 3. The normalized spacial score (nSPS) is 17.1. The third kappa shape index (κ3) is 7.04. The first-order chi connectivity index (χ1) is 7.97. The highest BCUT2D eigenvalue weighted by molar-refractivity contribution is 5.73. The summed E-state index contributed by atoms with van der Waals surface area (Å²) >= 11 is 0. The zero-order valence-corrected chi connectivity index (χ0v) is 9.65. The Morgan fingerprint density at radius 1 is 1.18 bits per heavy atom. The van der Waals surface area contributed by atoms with Gasteiger partial charge in [-0.1, -0.05) is 0 Å². The van der Waals surface area contributed by atoms with E-state index in [2.05, 4.69) is 10.2 Å². The highest BCUT2D eigenvalue weighted by Crippen LogP contribution is 2.11. The summed E-state index contributed by atoms with van der Waals surface area (Å²) in [5.41, 5.74) is 0. The van der Waals surface area contributed by atoms with Crippen molar-refractivity contribution in [1.82, 2.24) is 15.5 Å². The second-order valence-electron chi connectivity index (χ2n) is 4.13. The lowest BCUT2D eigenvalue weighted by Gasteiger charge is -2.14. The third-order valence-electron chi connectivity index (χ3n) is 2.58. The topological polar surface area (TPSA) is 44.4 Å². The van der Waals surface area contributed by atoms with Gasteiger partial charge in [-0.05, 0) is 38.9 Å². The van der Waals surface area contributed by atoms with Crippen molar-refractivity contribution in [3.05, 3.63) is 0 Å². The minimum atomic E-state index is -4.35. The summed E-state index contributed by atoms with van der Waals surface area (Å²) in [6.07, 6.45) is -1.18. The Kier molecular flexibility index (Phi) is 5.54. The van der Waals surface area contributed by atoms with E-state index in [-0.39, 0.29) is 0 Å². The quantitative estimate of drug-likeness (QED) is 0.726. The third-order valence-corrected chi connectivity index (χ3v) is 2.58. The fourth-order valence-corrected chi connectivity index (χ4v) is 1.75. The smallest absolute Gasteiger partial charge is 0.338 e. The number of carbonyl (C=O) groups excluding carboxylic acids is 1. The van der Waals surface area contributed by atoms with Gasteiger partial charge in [0.05, 0.1) is 0 Å². The molecule has 1 rings (SSSR count). The van der Waals surface area contributed by atoms with Gasteiger partial charge in [0.1, 0.15) is 6.54 Å². The molecule has 0 aromatic heterocycles. The molecule has 1 aliphatic heterocycles. The van der Waals surface area contributed by atoms with Crippen molar-refractivity contribution in [2.24, 2.45) is 0 Å². The predicted molar refractivity (Wildman–Crippen MR) is 57.7 cm³/mol.